The maximum Gasteiger partial charge on any atom is 0.142 e. The van der Waals surface area contributed by atoms with Crippen molar-refractivity contribution in [3.8, 4) is 11.4 Å². The summed E-state index contributed by atoms with van der Waals surface area (Å²) in [6.45, 7) is 11.8. The summed E-state index contributed by atoms with van der Waals surface area (Å²) in [4.78, 5) is 18.4. The van der Waals surface area contributed by atoms with E-state index in [9.17, 15) is 0 Å². The van der Waals surface area contributed by atoms with Crippen molar-refractivity contribution in [2.45, 2.75) is 33.1 Å². The van der Waals surface area contributed by atoms with E-state index in [1.165, 1.54) is 0 Å². The Morgan fingerprint density at radius 1 is 1.04 bits per heavy atom. The van der Waals surface area contributed by atoms with Crippen LogP contribution in [0.1, 0.15) is 41.1 Å². The van der Waals surface area contributed by atoms with Gasteiger partial charge in [-0.3, -0.25) is 9.97 Å². The van der Waals surface area contributed by atoms with Crippen LogP contribution >= 0.6 is 0 Å². The molecule has 27 heavy (non-hydrogen) atoms. The molecule has 0 N–H and O–H groups in total. The summed E-state index contributed by atoms with van der Waals surface area (Å²) in [5, 5.41) is 0. The summed E-state index contributed by atoms with van der Waals surface area (Å²) < 4.78 is 2.15. The van der Waals surface area contributed by atoms with Crippen LogP contribution in [0.2, 0.25) is 0 Å². The van der Waals surface area contributed by atoms with Crippen molar-refractivity contribution in [1.29, 1.82) is 0 Å². The summed E-state index contributed by atoms with van der Waals surface area (Å²) in [7, 11) is 2.06. The molecule has 0 atom stereocenters. The van der Waals surface area contributed by atoms with Gasteiger partial charge in [-0.05, 0) is 50.5 Å². The van der Waals surface area contributed by atoms with Crippen molar-refractivity contribution in [3.05, 3.63) is 71.8 Å². The molecule has 138 valence electrons. The fraction of sp³-hybridized carbons (Fsp3) is 0.273. The first-order valence-electron chi connectivity index (χ1n) is 9.16. The quantitative estimate of drug-likeness (QED) is 0.634. The number of pyridine rings is 1. The summed E-state index contributed by atoms with van der Waals surface area (Å²) in [6, 6.07) is 4.05. The van der Waals surface area contributed by atoms with Crippen LogP contribution in [0.25, 0.3) is 23.5 Å². The average Bonchev–Trinajstić information content (AvgIpc) is 3.00. The molecule has 5 heteroatoms. The Hall–Kier alpha value is -3.08. The minimum Gasteiger partial charge on any atom is -0.331 e. The number of hydrogen-bond acceptors (Lipinski definition) is 4. The van der Waals surface area contributed by atoms with E-state index in [4.69, 9.17) is 4.98 Å². The lowest BCUT2D eigenvalue weighted by atomic mass is 10.1. The lowest BCUT2D eigenvalue weighted by molar-refractivity contribution is 0.844. The molecular weight excluding hydrogens is 334 g/mol. The van der Waals surface area contributed by atoms with E-state index in [0.717, 1.165) is 64.8 Å². The van der Waals surface area contributed by atoms with Crippen LogP contribution in [0.3, 0.4) is 0 Å². The van der Waals surface area contributed by atoms with Gasteiger partial charge in [0.05, 0.1) is 28.5 Å². The van der Waals surface area contributed by atoms with Gasteiger partial charge in [-0.25, -0.2) is 9.97 Å². The van der Waals surface area contributed by atoms with Crippen LogP contribution in [0.4, 0.5) is 0 Å². The Kier molecular flexibility index (Phi) is 5.60. The Morgan fingerprint density at radius 3 is 2.52 bits per heavy atom. The highest BCUT2D eigenvalue weighted by atomic mass is 15.1. The summed E-state index contributed by atoms with van der Waals surface area (Å²) in [6.07, 6.45) is 9.51. The van der Waals surface area contributed by atoms with E-state index in [0.29, 0.717) is 0 Å². The third-order valence-corrected chi connectivity index (χ3v) is 4.83. The number of aryl methyl sites for hydroxylation is 3. The number of aromatic nitrogens is 5. The molecule has 3 heterocycles. The Bertz CT molecular complexity index is 984. The average molecular weight is 359 g/mol. The van der Waals surface area contributed by atoms with Gasteiger partial charge in [0, 0.05) is 30.7 Å². The molecule has 0 saturated carbocycles. The molecule has 0 aliphatic heterocycles. The van der Waals surface area contributed by atoms with Crippen LogP contribution in [0.15, 0.2) is 37.7 Å². The molecular formula is C22H25N5. The smallest absolute Gasteiger partial charge is 0.142 e. The van der Waals surface area contributed by atoms with Gasteiger partial charge >= 0.3 is 0 Å². The van der Waals surface area contributed by atoms with E-state index in [2.05, 4.69) is 59.6 Å². The van der Waals surface area contributed by atoms with Crippen LogP contribution in [0.5, 0.6) is 0 Å². The van der Waals surface area contributed by atoms with Crippen molar-refractivity contribution in [2.75, 3.05) is 0 Å². The van der Waals surface area contributed by atoms with Crippen LogP contribution in [0, 0.1) is 6.92 Å². The zero-order valence-electron chi connectivity index (χ0n) is 16.2. The van der Waals surface area contributed by atoms with Crippen molar-refractivity contribution < 1.29 is 0 Å². The maximum atomic E-state index is 4.92. The first-order valence-corrected chi connectivity index (χ1v) is 9.16. The second-order valence-corrected chi connectivity index (χ2v) is 6.42. The monoisotopic (exact) mass is 359 g/mol. The molecule has 3 aromatic rings. The molecule has 0 unspecified atom stereocenters. The highest BCUT2D eigenvalue weighted by Gasteiger charge is 2.16. The maximum absolute atomic E-state index is 4.92. The van der Waals surface area contributed by atoms with Crippen molar-refractivity contribution in [1.82, 2.24) is 24.5 Å². The van der Waals surface area contributed by atoms with E-state index in [1.54, 1.807) is 18.3 Å². The zero-order chi connectivity index (χ0) is 19.4. The van der Waals surface area contributed by atoms with Crippen LogP contribution in [-0.2, 0) is 26.3 Å². The van der Waals surface area contributed by atoms with Crippen LogP contribution in [-0.4, -0.2) is 24.5 Å². The molecule has 0 aliphatic carbocycles. The van der Waals surface area contributed by atoms with Gasteiger partial charge in [0.15, 0.2) is 0 Å². The predicted molar refractivity (Wildman–Crippen MR) is 110 cm³/mol. The minimum absolute atomic E-state index is 0.758. The molecule has 3 aromatic heterocycles. The molecule has 0 bridgehead atoms. The van der Waals surface area contributed by atoms with Gasteiger partial charge < -0.3 is 4.57 Å². The molecule has 0 aliphatic rings. The Morgan fingerprint density at radius 2 is 1.81 bits per heavy atom. The lowest BCUT2D eigenvalue weighted by Gasteiger charge is -2.07. The first-order chi connectivity index (χ1) is 13.1. The molecule has 0 aromatic carbocycles. The fourth-order valence-corrected chi connectivity index (χ4v) is 3.16. The van der Waals surface area contributed by atoms with Gasteiger partial charge in [-0.2, -0.15) is 0 Å². The molecule has 3 rings (SSSR count). The van der Waals surface area contributed by atoms with Gasteiger partial charge in [-0.1, -0.05) is 20.1 Å². The summed E-state index contributed by atoms with van der Waals surface area (Å²) >= 11 is 0. The highest BCUT2D eigenvalue weighted by molar-refractivity contribution is 5.60. The Labute approximate surface area is 160 Å². The predicted octanol–water partition coefficient (Wildman–Crippen LogP) is 4.21. The summed E-state index contributed by atoms with van der Waals surface area (Å²) in [5.41, 5.74) is 6.86. The summed E-state index contributed by atoms with van der Waals surface area (Å²) in [5.74, 6) is 0.965. The third kappa shape index (κ3) is 3.72. The van der Waals surface area contributed by atoms with Gasteiger partial charge in [0.2, 0.25) is 0 Å². The van der Waals surface area contributed by atoms with E-state index in [-0.39, 0.29) is 0 Å². The molecule has 0 fully saturated rings. The van der Waals surface area contributed by atoms with Crippen LogP contribution < -0.4 is 0 Å². The second-order valence-electron chi connectivity index (χ2n) is 6.42. The zero-order valence-corrected chi connectivity index (χ0v) is 16.2. The first kappa shape index (κ1) is 18.7. The van der Waals surface area contributed by atoms with E-state index >= 15 is 0 Å². The van der Waals surface area contributed by atoms with E-state index < -0.39 is 0 Å². The molecule has 0 spiro atoms. The lowest BCUT2D eigenvalue weighted by Crippen LogP contribution is -2.01. The third-order valence-electron chi connectivity index (χ3n) is 4.83. The van der Waals surface area contributed by atoms with E-state index in [1.807, 2.05) is 12.3 Å². The highest BCUT2D eigenvalue weighted by Crippen LogP contribution is 2.24. The largest absolute Gasteiger partial charge is 0.331 e. The Balaban J connectivity index is 1.87. The van der Waals surface area contributed by atoms with Gasteiger partial charge in [0.1, 0.15) is 5.82 Å². The molecule has 5 nitrogen and oxygen atoms in total. The molecule has 0 saturated heterocycles. The van der Waals surface area contributed by atoms with Gasteiger partial charge in [-0.15, -0.1) is 0 Å². The second kappa shape index (κ2) is 8.08. The fourth-order valence-electron chi connectivity index (χ4n) is 3.16. The number of hydrogen-bond donors (Lipinski definition) is 0. The normalized spacial score (nSPS) is 10.8. The van der Waals surface area contributed by atoms with Crippen molar-refractivity contribution >= 4 is 12.2 Å². The number of rotatable bonds is 7. The molecule has 0 radical (unpaired) electrons. The minimum atomic E-state index is 0.758. The topological polar surface area (TPSA) is 56.5 Å². The number of nitrogens with zero attached hydrogens (tertiary/aromatic N) is 5. The SMILES string of the molecule is C=Cc1ncc(CCc2nc(-c3cccnc3CC)n(C)c2C)nc1C=C. The van der Waals surface area contributed by atoms with Gasteiger partial charge in [0.25, 0.3) is 0 Å². The van der Waals surface area contributed by atoms with Crippen molar-refractivity contribution in [2.24, 2.45) is 7.05 Å². The van der Waals surface area contributed by atoms with Crippen molar-refractivity contribution in [3.63, 3.8) is 0 Å². The standard InChI is InChI=1S/C22H25N5/c1-6-18-17(10-9-13-23-18)22-26-21(15(4)27(22)5)12-11-16-14-24-19(7-2)20(8-3)25-16/h7-10,13-14H,2-3,6,11-12H2,1,4-5H3. The molecule has 0 amide bonds. The number of imidazole rings is 1.